The first-order chi connectivity index (χ1) is 9.75. The first-order valence-electron chi connectivity index (χ1n) is 6.79. The molecule has 2 unspecified atom stereocenters. The van der Waals surface area contributed by atoms with Crippen LogP contribution in [-0.2, 0) is 15.9 Å². The zero-order valence-corrected chi connectivity index (χ0v) is 14.3. The minimum Gasteiger partial charge on any atom is -0.207 e. The molecule has 0 saturated carbocycles. The number of nitrogens with zero attached hydrogens (tertiary/aromatic N) is 1. The first kappa shape index (κ1) is 17.0. The molecule has 0 aliphatic carbocycles. The lowest BCUT2D eigenvalue weighted by molar-refractivity contribution is 0.222. The van der Waals surface area contributed by atoms with Crippen molar-refractivity contribution in [1.82, 2.24) is 4.31 Å². The number of rotatable bonds is 3. The van der Waals surface area contributed by atoms with Crippen LogP contribution in [0.5, 0.6) is 0 Å². The van der Waals surface area contributed by atoms with E-state index in [1.54, 1.807) is 0 Å². The van der Waals surface area contributed by atoms with Crippen molar-refractivity contribution < 1.29 is 12.8 Å². The molecular weight excluding hydrogens is 336 g/mol. The summed E-state index contributed by atoms with van der Waals surface area (Å²) in [5, 5.41) is 0.170. The van der Waals surface area contributed by atoms with Gasteiger partial charge in [-0.25, -0.2) is 12.8 Å². The molecule has 1 aliphatic heterocycles. The lowest BCUT2D eigenvalue weighted by atomic mass is 9.94. The van der Waals surface area contributed by atoms with Gasteiger partial charge in [-0.2, -0.15) is 4.31 Å². The van der Waals surface area contributed by atoms with E-state index in [2.05, 4.69) is 0 Å². The molecule has 0 bridgehead atoms. The fourth-order valence-electron chi connectivity index (χ4n) is 2.84. The van der Waals surface area contributed by atoms with E-state index in [0.717, 1.165) is 12.5 Å². The van der Waals surface area contributed by atoms with Gasteiger partial charge in [0.1, 0.15) is 10.7 Å². The Morgan fingerprint density at radius 3 is 2.38 bits per heavy atom. The molecule has 1 heterocycles. The standard InChI is InChI=1S/C14H18Cl2FNO2S/c1-9-3-10(2)8-18(7-9)21(19,20)13-5-12(16)4-11(6-15)14(13)17/h4-5,9-10H,3,6-8H2,1-2H3. The zero-order valence-electron chi connectivity index (χ0n) is 11.9. The number of sulfonamides is 1. The molecule has 1 aromatic carbocycles. The maximum absolute atomic E-state index is 14.3. The van der Waals surface area contributed by atoms with E-state index < -0.39 is 15.8 Å². The molecule has 118 valence electrons. The second-order valence-corrected chi connectivity index (χ2v) is 8.39. The highest BCUT2D eigenvalue weighted by molar-refractivity contribution is 7.89. The molecule has 0 aromatic heterocycles. The third-order valence-electron chi connectivity index (χ3n) is 3.68. The molecule has 0 N–H and O–H groups in total. The van der Waals surface area contributed by atoms with Crippen molar-refractivity contribution in [1.29, 1.82) is 0 Å². The van der Waals surface area contributed by atoms with E-state index in [-0.39, 0.29) is 33.2 Å². The van der Waals surface area contributed by atoms with Gasteiger partial charge in [0.05, 0.1) is 5.88 Å². The van der Waals surface area contributed by atoms with Crippen LogP contribution < -0.4 is 0 Å². The van der Waals surface area contributed by atoms with Gasteiger partial charge in [0.15, 0.2) is 0 Å². The van der Waals surface area contributed by atoms with E-state index in [1.165, 1.54) is 10.4 Å². The molecule has 0 amide bonds. The summed E-state index contributed by atoms with van der Waals surface area (Å²) in [6.45, 7) is 4.79. The van der Waals surface area contributed by atoms with E-state index >= 15 is 0 Å². The van der Waals surface area contributed by atoms with Gasteiger partial charge in [-0.05, 0) is 30.4 Å². The van der Waals surface area contributed by atoms with Gasteiger partial charge in [-0.1, -0.05) is 25.4 Å². The minimum atomic E-state index is -3.90. The van der Waals surface area contributed by atoms with Crippen LogP contribution in [0, 0.1) is 17.7 Å². The van der Waals surface area contributed by atoms with E-state index in [1.807, 2.05) is 13.8 Å². The van der Waals surface area contributed by atoms with Gasteiger partial charge in [0.25, 0.3) is 0 Å². The van der Waals surface area contributed by atoms with Crippen LogP contribution in [-0.4, -0.2) is 25.8 Å². The van der Waals surface area contributed by atoms with Crippen LogP contribution in [0.4, 0.5) is 4.39 Å². The first-order valence-corrected chi connectivity index (χ1v) is 9.15. The molecular formula is C14H18Cl2FNO2S. The summed E-state index contributed by atoms with van der Waals surface area (Å²) in [5.74, 6) is -0.432. The highest BCUT2D eigenvalue weighted by Crippen LogP contribution is 2.31. The molecule has 3 nitrogen and oxygen atoms in total. The second-order valence-electron chi connectivity index (χ2n) is 5.78. The van der Waals surface area contributed by atoms with Crippen LogP contribution >= 0.6 is 23.2 Å². The topological polar surface area (TPSA) is 37.4 Å². The quantitative estimate of drug-likeness (QED) is 0.773. The maximum Gasteiger partial charge on any atom is 0.246 e. The Bertz CT molecular complexity index is 626. The normalized spacial score (nSPS) is 24.2. The molecule has 2 rings (SSSR count). The highest BCUT2D eigenvalue weighted by Gasteiger charge is 2.34. The summed E-state index contributed by atoms with van der Waals surface area (Å²) >= 11 is 11.5. The molecule has 1 saturated heterocycles. The van der Waals surface area contributed by atoms with Crippen LogP contribution in [0.15, 0.2) is 17.0 Å². The monoisotopic (exact) mass is 353 g/mol. The smallest absolute Gasteiger partial charge is 0.207 e. The molecule has 1 aromatic rings. The summed E-state index contributed by atoms with van der Waals surface area (Å²) in [5.41, 5.74) is 0.0980. The Kier molecular flexibility index (Phi) is 5.19. The van der Waals surface area contributed by atoms with Crippen LogP contribution in [0.2, 0.25) is 5.02 Å². The van der Waals surface area contributed by atoms with Gasteiger partial charge in [-0.15, -0.1) is 11.6 Å². The van der Waals surface area contributed by atoms with Gasteiger partial charge in [0, 0.05) is 23.7 Å². The average Bonchev–Trinajstić information content (AvgIpc) is 2.39. The Morgan fingerprint density at radius 1 is 1.29 bits per heavy atom. The average molecular weight is 354 g/mol. The maximum atomic E-state index is 14.3. The van der Waals surface area contributed by atoms with E-state index in [4.69, 9.17) is 23.2 Å². The van der Waals surface area contributed by atoms with Gasteiger partial charge in [-0.3, -0.25) is 0 Å². The van der Waals surface area contributed by atoms with Crippen molar-refractivity contribution in [3.8, 4) is 0 Å². The zero-order chi connectivity index (χ0) is 15.8. The number of benzene rings is 1. The van der Waals surface area contributed by atoms with Crippen LogP contribution in [0.3, 0.4) is 0 Å². The fraction of sp³-hybridized carbons (Fsp3) is 0.571. The summed E-state index contributed by atoms with van der Waals surface area (Å²) in [6, 6.07) is 2.51. The summed E-state index contributed by atoms with van der Waals surface area (Å²) in [4.78, 5) is -0.382. The third kappa shape index (κ3) is 3.52. The predicted molar refractivity (Wildman–Crippen MR) is 82.7 cm³/mol. The van der Waals surface area contributed by atoms with Crippen molar-refractivity contribution in [2.45, 2.75) is 31.0 Å². The van der Waals surface area contributed by atoms with E-state index in [9.17, 15) is 12.8 Å². The molecule has 2 atom stereocenters. The minimum absolute atomic E-state index is 0.0980. The summed E-state index contributed by atoms with van der Waals surface area (Å²) in [6.07, 6.45) is 0.969. The lowest BCUT2D eigenvalue weighted by Gasteiger charge is -2.34. The molecule has 21 heavy (non-hydrogen) atoms. The Labute approximate surface area is 135 Å². The van der Waals surface area contributed by atoms with Crippen molar-refractivity contribution >= 4 is 33.2 Å². The Hall–Kier alpha value is -0.360. The number of hydrogen-bond donors (Lipinski definition) is 0. The molecule has 0 radical (unpaired) electrons. The number of alkyl halides is 1. The predicted octanol–water partition coefficient (Wildman–Crippen LogP) is 3.88. The molecule has 0 spiro atoms. The Morgan fingerprint density at radius 2 is 1.86 bits per heavy atom. The molecule has 7 heteroatoms. The van der Waals surface area contributed by atoms with Gasteiger partial charge in [0.2, 0.25) is 10.0 Å². The Balaban J connectivity index is 2.47. The third-order valence-corrected chi connectivity index (χ3v) is 6.01. The highest BCUT2D eigenvalue weighted by atomic mass is 35.5. The number of halogens is 3. The van der Waals surface area contributed by atoms with Crippen molar-refractivity contribution in [2.75, 3.05) is 13.1 Å². The fourth-order valence-corrected chi connectivity index (χ4v) is 5.16. The number of piperidine rings is 1. The van der Waals surface area contributed by atoms with Crippen molar-refractivity contribution in [3.05, 3.63) is 28.5 Å². The largest absolute Gasteiger partial charge is 0.246 e. The van der Waals surface area contributed by atoms with Crippen molar-refractivity contribution in [2.24, 2.45) is 11.8 Å². The molecule has 1 aliphatic rings. The second kappa shape index (κ2) is 6.41. The molecule has 1 fully saturated rings. The SMILES string of the molecule is CC1CC(C)CN(S(=O)(=O)c2cc(Cl)cc(CCl)c2F)C1. The van der Waals surface area contributed by atoms with Gasteiger partial charge >= 0.3 is 0 Å². The number of hydrogen-bond acceptors (Lipinski definition) is 2. The van der Waals surface area contributed by atoms with Crippen LogP contribution in [0.25, 0.3) is 0 Å². The lowest BCUT2D eigenvalue weighted by Crippen LogP contribution is -2.42. The summed E-state index contributed by atoms with van der Waals surface area (Å²) in [7, 11) is -3.90. The van der Waals surface area contributed by atoms with Gasteiger partial charge < -0.3 is 0 Å². The van der Waals surface area contributed by atoms with Crippen LogP contribution in [0.1, 0.15) is 25.8 Å². The van der Waals surface area contributed by atoms with Crippen molar-refractivity contribution in [3.63, 3.8) is 0 Å². The van der Waals surface area contributed by atoms with E-state index in [0.29, 0.717) is 13.1 Å². The summed E-state index contributed by atoms with van der Waals surface area (Å²) < 4.78 is 41.1.